The highest BCUT2D eigenvalue weighted by Gasteiger charge is 2.26. The first-order valence-corrected chi connectivity index (χ1v) is 6.86. The van der Waals surface area contributed by atoms with Crippen molar-refractivity contribution in [2.75, 3.05) is 13.7 Å². The third-order valence-corrected chi connectivity index (χ3v) is 3.55. The molecule has 0 saturated heterocycles. The van der Waals surface area contributed by atoms with E-state index < -0.39 is 0 Å². The molecule has 1 aromatic heterocycles. The van der Waals surface area contributed by atoms with Gasteiger partial charge in [-0.15, -0.1) is 5.10 Å². The number of rotatable bonds is 2. The standard InChI is InChI=1S/C14H12N2O3S/c1-8-3-11-13(17)9(5-10-7-20-16-15-10)6-19-14(11)12(4-8)18-2/h3-5,7H,6H2,1-2H3/b9-5+. The van der Waals surface area contributed by atoms with Gasteiger partial charge < -0.3 is 9.47 Å². The van der Waals surface area contributed by atoms with Gasteiger partial charge in [-0.25, -0.2) is 0 Å². The molecular formula is C14H12N2O3S. The summed E-state index contributed by atoms with van der Waals surface area (Å²) < 4.78 is 14.7. The first-order valence-electron chi connectivity index (χ1n) is 6.03. The van der Waals surface area contributed by atoms with Crippen molar-refractivity contribution in [3.05, 3.63) is 39.9 Å². The van der Waals surface area contributed by atoms with Gasteiger partial charge in [-0.05, 0) is 42.2 Å². The van der Waals surface area contributed by atoms with Crippen LogP contribution >= 0.6 is 11.5 Å². The lowest BCUT2D eigenvalue weighted by atomic mass is 9.97. The molecule has 0 radical (unpaired) electrons. The fraction of sp³-hybridized carbons (Fsp3) is 0.214. The molecule has 1 aromatic carbocycles. The second-order valence-corrected chi connectivity index (χ2v) is 5.07. The van der Waals surface area contributed by atoms with Gasteiger partial charge in [-0.2, -0.15) is 0 Å². The molecule has 0 fully saturated rings. The average molecular weight is 288 g/mol. The lowest BCUT2D eigenvalue weighted by molar-refractivity contribution is 0.0998. The Hall–Kier alpha value is -2.21. The van der Waals surface area contributed by atoms with E-state index in [0.717, 1.165) is 5.56 Å². The lowest BCUT2D eigenvalue weighted by Gasteiger charge is -2.21. The number of carbonyl (C=O) groups excluding carboxylic acids is 1. The number of ether oxygens (including phenoxy) is 2. The number of nitrogens with zero attached hydrogens (tertiary/aromatic N) is 2. The molecule has 0 amide bonds. The smallest absolute Gasteiger partial charge is 0.196 e. The minimum absolute atomic E-state index is 0.0544. The van der Waals surface area contributed by atoms with Gasteiger partial charge in [0.15, 0.2) is 17.3 Å². The van der Waals surface area contributed by atoms with Crippen molar-refractivity contribution in [1.82, 2.24) is 9.59 Å². The molecule has 0 aliphatic carbocycles. The van der Waals surface area contributed by atoms with Crippen LogP contribution in [0.2, 0.25) is 0 Å². The molecule has 2 heterocycles. The van der Waals surface area contributed by atoms with Gasteiger partial charge in [-0.1, -0.05) is 4.49 Å². The summed E-state index contributed by atoms with van der Waals surface area (Å²) in [5.74, 6) is 1.04. The van der Waals surface area contributed by atoms with Gasteiger partial charge in [-0.3, -0.25) is 4.79 Å². The summed E-state index contributed by atoms with van der Waals surface area (Å²) in [4.78, 5) is 12.5. The summed E-state index contributed by atoms with van der Waals surface area (Å²) in [6, 6.07) is 3.66. The minimum Gasteiger partial charge on any atom is -0.493 e. The predicted octanol–water partition coefficient (Wildman–Crippen LogP) is 2.51. The molecule has 0 unspecified atom stereocenters. The third-order valence-electron chi connectivity index (χ3n) is 3.03. The number of fused-ring (bicyclic) bond motifs is 1. The second-order valence-electron chi connectivity index (χ2n) is 4.46. The summed E-state index contributed by atoms with van der Waals surface area (Å²) in [5.41, 5.74) is 2.72. The summed E-state index contributed by atoms with van der Waals surface area (Å²) in [6.45, 7) is 2.13. The number of benzene rings is 1. The van der Waals surface area contributed by atoms with Crippen molar-refractivity contribution < 1.29 is 14.3 Å². The molecule has 1 aliphatic heterocycles. The first kappa shape index (κ1) is 12.8. The van der Waals surface area contributed by atoms with Crippen LogP contribution in [0.1, 0.15) is 21.6 Å². The van der Waals surface area contributed by atoms with E-state index in [-0.39, 0.29) is 12.4 Å². The number of ketones is 1. The van der Waals surface area contributed by atoms with Gasteiger partial charge in [0, 0.05) is 11.0 Å². The van der Waals surface area contributed by atoms with Crippen molar-refractivity contribution in [1.29, 1.82) is 0 Å². The minimum atomic E-state index is -0.0544. The number of Topliss-reactive ketones (excluding diaryl/α,β-unsaturated/α-hetero) is 1. The van der Waals surface area contributed by atoms with E-state index >= 15 is 0 Å². The average Bonchev–Trinajstić information content (AvgIpc) is 2.94. The topological polar surface area (TPSA) is 61.3 Å². The van der Waals surface area contributed by atoms with Crippen LogP contribution in [0.5, 0.6) is 11.5 Å². The van der Waals surface area contributed by atoms with Gasteiger partial charge >= 0.3 is 0 Å². The van der Waals surface area contributed by atoms with Gasteiger partial charge in [0.1, 0.15) is 6.61 Å². The molecule has 20 heavy (non-hydrogen) atoms. The van der Waals surface area contributed by atoms with E-state index in [1.54, 1.807) is 18.6 Å². The number of aryl methyl sites for hydroxylation is 1. The van der Waals surface area contributed by atoms with Crippen LogP contribution in [0.3, 0.4) is 0 Å². The van der Waals surface area contributed by atoms with Crippen LogP contribution in [-0.4, -0.2) is 29.1 Å². The van der Waals surface area contributed by atoms with Crippen LogP contribution in [0.15, 0.2) is 23.1 Å². The zero-order valence-electron chi connectivity index (χ0n) is 11.0. The van der Waals surface area contributed by atoms with Crippen LogP contribution in [0.4, 0.5) is 0 Å². The van der Waals surface area contributed by atoms with Crippen molar-refractivity contribution >= 4 is 23.4 Å². The molecule has 0 spiro atoms. The van der Waals surface area contributed by atoms with E-state index in [1.165, 1.54) is 11.5 Å². The van der Waals surface area contributed by atoms with Gasteiger partial charge in [0.05, 0.1) is 18.4 Å². The number of hydrogen-bond donors (Lipinski definition) is 0. The highest BCUT2D eigenvalue weighted by Crippen LogP contribution is 2.37. The maximum absolute atomic E-state index is 12.5. The number of methoxy groups -OCH3 is 1. The Bertz CT molecular complexity index is 693. The summed E-state index contributed by atoms with van der Waals surface area (Å²) >= 11 is 1.25. The largest absolute Gasteiger partial charge is 0.493 e. The predicted molar refractivity (Wildman–Crippen MR) is 75.4 cm³/mol. The van der Waals surface area contributed by atoms with Crippen molar-refractivity contribution in [3.8, 4) is 11.5 Å². The van der Waals surface area contributed by atoms with Crippen LogP contribution in [0, 0.1) is 6.92 Å². The second kappa shape index (κ2) is 5.05. The third kappa shape index (κ3) is 2.18. The number of carbonyl (C=O) groups is 1. The number of hydrogen-bond acceptors (Lipinski definition) is 6. The molecule has 6 heteroatoms. The Labute approximate surface area is 120 Å². The van der Waals surface area contributed by atoms with Crippen LogP contribution < -0.4 is 9.47 Å². The Morgan fingerprint density at radius 3 is 3.00 bits per heavy atom. The van der Waals surface area contributed by atoms with E-state index in [0.29, 0.717) is 28.3 Å². The fourth-order valence-electron chi connectivity index (χ4n) is 2.12. The SMILES string of the molecule is COc1cc(C)cc2c1OC/C(=C\c1csnn1)C2=O. The maximum atomic E-state index is 12.5. The Morgan fingerprint density at radius 2 is 2.30 bits per heavy atom. The fourth-order valence-corrected chi connectivity index (χ4v) is 2.53. The first-order chi connectivity index (χ1) is 9.69. The Kier molecular flexibility index (Phi) is 3.23. The molecule has 0 N–H and O–H groups in total. The summed E-state index contributed by atoms with van der Waals surface area (Å²) in [6.07, 6.45) is 1.71. The van der Waals surface area contributed by atoms with E-state index in [1.807, 2.05) is 19.1 Å². The molecule has 5 nitrogen and oxygen atoms in total. The Morgan fingerprint density at radius 1 is 1.45 bits per heavy atom. The molecule has 0 saturated carbocycles. The van der Waals surface area contributed by atoms with Crippen LogP contribution in [-0.2, 0) is 0 Å². The Balaban J connectivity index is 2.05. The maximum Gasteiger partial charge on any atom is 0.196 e. The molecule has 0 atom stereocenters. The highest BCUT2D eigenvalue weighted by molar-refractivity contribution is 7.03. The summed E-state index contributed by atoms with van der Waals surface area (Å²) in [5, 5.41) is 5.70. The van der Waals surface area contributed by atoms with E-state index in [2.05, 4.69) is 9.59 Å². The highest BCUT2D eigenvalue weighted by atomic mass is 32.1. The van der Waals surface area contributed by atoms with Gasteiger partial charge in [0.25, 0.3) is 0 Å². The molecule has 102 valence electrons. The molecule has 2 aromatic rings. The van der Waals surface area contributed by atoms with E-state index in [9.17, 15) is 4.79 Å². The summed E-state index contributed by atoms with van der Waals surface area (Å²) in [7, 11) is 1.56. The zero-order valence-corrected chi connectivity index (χ0v) is 11.9. The number of aromatic nitrogens is 2. The van der Waals surface area contributed by atoms with Crippen LogP contribution in [0.25, 0.3) is 6.08 Å². The van der Waals surface area contributed by atoms with Gasteiger partial charge in [0.2, 0.25) is 0 Å². The molecular weight excluding hydrogens is 276 g/mol. The molecule has 0 bridgehead atoms. The van der Waals surface area contributed by atoms with Crippen molar-refractivity contribution in [2.45, 2.75) is 6.92 Å². The monoisotopic (exact) mass is 288 g/mol. The molecule has 3 rings (SSSR count). The normalized spacial score (nSPS) is 15.9. The zero-order chi connectivity index (χ0) is 14.1. The molecule has 1 aliphatic rings. The van der Waals surface area contributed by atoms with E-state index in [4.69, 9.17) is 9.47 Å². The quantitative estimate of drug-likeness (QED) is 0.795. The van der Waals surface area contributed by atoms with Crippen molar-refractivity contribution in [2.24, 2.45) is 0 Å². The van der Waals surface area contributed by atoms with Crippen molar-refractivity contribution in [3.63, 3.8) is 0 Å². The lowest BCUT2D eigenvalue weighted by Crippen LogP contribution is -2.20.